The lowest BCUT2D eigenvalue weighted by atomic mass is 9.90. The quantitative estimate of drug-likeness (QED) is 0.437. The fourth-order valence-electron chi connectivity index (χ4n) is 3.44. The van der Waals surface area contributed by atoms with E-state index in [0.717, 1.165) is 27.6 Å². The maximum atomic E-state index is 12.4. The topological polar surface area (TPSA) is 57.8 Å². The SMILES string of the molecule is O=C(/C=C/c1cccnc1)NCC(c1ccccc1Cl)c1c[nH]c2ccccc12. The smallest absolute Gasteiger partial charge is 0.244 e. The maximum absolute atomic E-state index is 12.4. The Morgan fingerprint density at radius 2 is 1.90 bits per heavy atom. The third kappa shape index (κ3) is 4.39. The van der Waals surface area contributed by atoms with Gasteiger partial charge in [-0.2, -0.15) is 0 Å². The van der Waals surface area contributed by atoms with Crippen LogP contribution < -0.4 is 5.32 Å². The molecule has 1 atom stereocenters. The van der Waals surface area contributed by atoms with Gasteiger partial charge in [-0.15, -0.1) is 0 Å². The molecule has 1 amide bonds. The van der Waals surface area contributed by atoms with Gasteiger partial charge in [0.1, 0.15) is 0 Å². The summed E-state index contributed by atoms with van der Waals surface area (Å²) < 4.78 is 0. The van der Waals surface area contributed by atoms with Crippen LogP contribution in [0.25, 0.3) is 17.0 Å². The summed E-state index contributed by atoms with van der Waals surface area (Å²) in [6.07, 6.45) is 8.68. The van der Waals surface area contributed by atoms with E-state index in [1.54, 1.807) is 18.5 Å². The van der Waals surface area contributed by atoms with E-state index in [0.29, 0.717) is 11.6 Å². The molecule has 5 heteroatoms. The molecule has 0 radical (unpaired) electrons. The van der Waals surface area contributed by atoms with Crippen LogP contribution in [0.2, 0.25) is 5.02 Å². The second-order valence-electron chi connectivity index (χ2n) is 6.73. The minimum Gasteiger partial charge on any atom is -0.361 e. The molecule has 4 aromatic rings. The zero-order chi connectivity index (χ0) is 20.1. The summed E-state index contributed by atoms with van der Waals surface area (Å²) in [5, 5.41) is 4.82. The molecule has 0 aliphatic rings. The monoisotopic (exact) mass is 401 g/mol. The van der Waals surface area contributed by atoms with Crippen LogP contribution in [0.3, 0.4) is 0 Å². The zero-order valence-electron chi connectivity index (χ0n) is 15.7. The predicted octanol–water partition coefficient (Wildman–Crippen LogP) is 5.18. The summed E-state index contributed by atoms with van der Waals surface area (Å²) in [6, 6.07) is 19.6. The van der Waals surface area contributed by atoms with Crippen LogP contribution >= 0.6 is 11.6 Å². The van der Waals surface area contributed by atoms with E-state index in [2.05, 4.69) is 21.4 Å². The first-order valence-electron chi connectivity index (χ1n) is 9.39. The van der Waals surface area contributed by atoms with Gasteiger partial charge in [-0.25, -0.2) is 0 Å². The first-order valence-corrected chi connectivity index (χ1v) is 9.76. The molecule has 144 valence electrons. The summed E-state index contributed by atoms with van der Waals surface area (Å²) in [6.45, 7) is 0.432. The molecule has 1 unspecified atom stereocenters. The van der Waals surface area contributed by atoms with Crippen molar-refractivity contribution in [2.75, 3.05) is 6.54 Å². The van der Waals surface area contributed by atoms with Gasteiger partial charge in [0.15, 0.2) is 0 Å². The number of nitrogens with zero attached hydrogens (tertiary/aromatic N) is 1. The van der Waals surface area contributed by atoms with Crippen LogP contribution in [-0.2, 0) is 4.79 Å². The van der Waals surface area contributed by atoms with Gasteiger partial charge in [-0.1, -0.05) is 54.1 Å². The summed E-state index contributed by atoms with van der Waals surface area (Å²) in [5.41, 5.74) is 4.02. The Kier molecular flexibility index (Phi) is 5.73. The normalized spacial score (nSPS) is 12.3. The average Bonchev–Trinajstić information content (AvgIpc) is 3.18. The molecule has 2 N–H and O–H groups in total. The lowest BCUT2D eigenvalue weighted by Crippen LogP contribution is -2.27. The molecule has 0 saturated carbocycles. The molecule has 0 aliphatic carbocycles. The van der Waals surface area contributed by atoms with Crippen molar-refractivity contribution in [3.05, 3.63) is 107 Å². The molecule has 0 fully saturated rings. The highest BCUT2D eigenvalue weighted by atomic mass is 35.5. The summed E-state index contributed by atoms with van der Waals surface area (Å²) in [5.74, 6) is -0.235. The van der Waals surface area contributed by atoms with Crippen LogP contribution in [0, 0.1) is 0 Å². The number of carbonyl (C=O) groups excluding carboxylic acids is 1. The van der Waals surface area contributed by atoms with Crippen molar-refractivity contribution in [1.82, 2.24) is 15.3 Å². The Bertz CT molecular complexity index is 1150. The highest BCUT2D eigenvalue weighted by Crippen LogP contribution is 2.34. The van der Waals surface area contributed by atoms with Crippen LogP contribution in [0.1, 0.15) is 22.6 Å². The number of hydrogen-bond donors (Lipinski definition) is 2. The second-order valence-corrected chi connectivity index (χ2v) is 7.14. The van der Waals surface area contributed by atoms with E-state index in [1.165, 1.54) is 6.08 Å². The van der Waals surface area contributed by atoms with Crippen molar-refractivity contribution in [2.45, 2.75) is 5.92 Å². The highest BCUT2D eigenvalue weighted by Gasteiger charge is 2.20. The van der Waals surface area contributed by atoms with E-state index < -0.39 is 0 Å². The Balaban J connectivity index is 1.59. The van der Waals surface area contributed by atoms with Crippen molar-refractivity contribution < 1.29 is 4.79 Å². The van der Waals surface area contributed by atoms with E-state index >= 15 is 0 Å². The number of amides is 1. The molecule has 0 spiro atoms. The standard InChI is InChI=1S/C24H20ClN3O/c25-22-9-3-1-7-18(22)20(21-15-27-23-10-4-2-8-19(21)23)16-28-24(29)12-11-17-6-5-13-26-14-17/h1-15,20,27H,16H2,(H,28,29)/b12-11+. The molecule has 4 rings (SSSR count). The minimum absolute atomic E-state index is 0.0735. The van der Waals surface area contributed by atoms with Crippen molar-refractivity contribution in [1.29, 1.82) is 0 Å². The Morgan fingerprint density at radius 3 is 2.72 bits per heavy atom. The number of pyridine rings is 1. The van der Waals surface area contributed by atoms with Crippen molar-refractivity contribution in [3.63, 3.8) is 0 Å². The Morgan fingerprint density at radius 1 is 1.07 bits per heavy atom. The van der Waals surface area contributed by atoms with Gasteiger partial charge >= 0.3 is 0 Å². The van der Waals surface area contributed by atoms with Gasteiger partial charge in [0.05, 0.1) is 0 Å². The maximum Gasteiger partial charge on any atom is 0.244 e. The van der Waals surface area contributed by atoms with Gasteiger partial charge in [0.2, 0.25) is 5.91 Å². The number of benzene rings is 2. The average molecular weight is 402 g/mol. The predicted molar refractivity (Wildman–Crippen MR) is 118 cm³/mol. The highest BCUT2D eigenvalue weighted by molar-refractivity contribution is 6.31. The van der Waals surface area contributed by atoms with Crippen LogP contribution in [0.5, 0.6) is 0 Å². The number of H-pyrrole nitrogens is 1. The van der Waals surface area contributed by atoms with Crippen LogP contribution in [0.15, 0.2) is 85.3 Å². The van der Waals surface area contributed by atoms with Gasteiger partial charge in [-0.3, -0.25) is 9.78 Å². The number of aromatic amines is 1. The summed E-state index contributed by atoms with van der Waals surface area (Å²) in [7, 11) is 0. The van der Waals surface area contributed by atoms with Gasteiger partial charge in [0.25, 0.3) is 0 Å². The van der Waals surface area contributed by atoms with Gasteiger partial charge in [0, 0.05) is 53.1 Å². The third-order valence-electron chi connectivity index (χ3n) is 4.87. The van der Waals surface area contributed by atoms with Gasteiger partial charge in [-0.05, 0) is 41.0 Å². The van der Waals surface area contributed by atoms with Crippen molar-refractivity contribution >= 4 is 34.5 Å². The number of aromatic nitrogens is 2. The molecule has 2 heterocycles. The molecule has 0 bridgehead atoms. The molecular formula is C24H20ClN3O. The fraction of sp³-hybridized carbons (Fsp3) is 0.0833. The van der Waals surface area contributed by atoms with Gasteiger partial charge < -0.3 is 10.3 Å². The number of fused-ring (bicyclic) bond motifs is 1. The fourth-order valence-corrected chi connectivity index (χ4v) is 3.70. The number of para-hydroxylation sites is 1. The minimum atomic E-state index is -0.161. The van der Waals surface area contributed by atoms with Crippen molar-refractivity contribution in [3.8, 4) is 0 Å². The number of carbonyl (C=O) groups is 1. The molecule has 0 aliphatic heterocycles. The molecule has 4 nitrogen and oxygen atoms in total. The van der Waals surface area contributed by atoms with E-state index in [9.17, 15) is 4.79 Å². The summed E-state index contributed by atoms with van der Waals surface area (Å²) in [4.78, 5) is 19.8. The zero-order valence-corrected chi connectivity index (χ0v) is 16.4. The molecule has 0 saturated heterocycles. The molecule has 2 aromatic carbocycles. The molecule has 29 heavy (non-hydrogen) atoms. The third-order valence-corrected chi connectivity index (χ3v) is 5.21. The number of rotatable bonds is 6. The Labute approximate surface area is 174 Å². The van der Waals surface area contributed by atoms with E-state index in [4.69, 9.17) is 11.6 Å². The summed E-state index contributed by atoms with van der Waals surface area (Å²) >= 11 is 6.50. The Hall–Kier alpha value is -3.37. The van der Waals surface area contributed by atoms with Crippen LogP contribution in [-0.4, -0.2) is 22.4 Å². The number of halogens is 1. The first-order chi connectivity index (χ1) is 14.2. The van der Waals surface area contributed by atoms with Crippen molar-refractivity contribution in [2.24, 2.45) is 0 Å². The van der Waals surface area contributed by atoms with E-state index in [1.807, 2.05) is 60.8 Å². The molecule has 2 aromatic heterocycles. The van der Waals surface area contributed by atoms with Crippen LogP contribution in [0.4, 0.5) is 0 Å². The van der Waals surface area contributed by atoms with E-state index in [-0.39, 0.29) is 11.8 Å². The second kappa shape index (κ2) is 8.76. The lowest BCUT2D eigenvalue weighted by Gasteiger charge is -2.19. The number of nitrogens with one attached hydrogen (secondary N) is 2. The lowest BCUT2D eigenvalue weighted by molar-refractivity contribution is -0.116. The molecular weight excluding hydrogens is 382 g/mol. The largest absolute Gasteiger partial charge is 0.361 e. The number of hydrogen-bond acceptors (Lipinski definition) is 2. The first kappa shape index (κ1) is 19.0.